The number of carbonyl (C=O) groups is 2. The van der Waals surface area contributed by atoms with Crippen LogP contribution >= 0.6 is 15.9 Å². The van der Waals surface area contributed by atoms with Gasteiger partial charge in [0.15, 0.2) is 0 Å². The molecule has 0 unspecified atom stereocenters. The molecule has 0 aliphatic rings. The predicted octanol–water partition coefficient (Wildman–Crippen LogP) is 2.49. The highest BCUT2D eigenvalue weighted by molar-refractivity contribution is 9.10. The van der Waals surface area contributed by atoms with Crippen molar-refractivity contribution in [2.45, 2.75) is 6.18 Å². The molecule has 0 aromatic heterocycles. The average molecular weight is 312 g/mol. The van der Waals surface area contributed by atoms with Crippen LogP contribution in [0.25, 0.3) is 0 Å². The van der Waals surface area contributed by atoms with E-state index >= 15 is 0 Å². The highest BCUT2D eigenvalue weighted by atomic mass is 79.9. The fraction of sp³-hybridized carbons (Fsp3) is 0.111. The zero-order valence-corrected chi connectivity index (χ0v) is 9.59. The van der Waals surface area contributed by atoms with Crippen molar-refractivity contribution in [1.29, 1.82) is 0 Å². The molecule has 0 bridgehead atoms. The van der Waals surface area contributed by atoms with E-state index in [2.05, 4.69) is 15.9 Å². The minimum Gasteiger partial charge on any atom is -0.474 e. The van der Waals surface area contributed by atoms with Crippen molar-refractivity contribution in [3.8, 4) is 0 Å². The number of carboxylic acids is 1. The van der Waals surface area contributed by atoms with Gasteiger partial charge in [-0.1, -0.05) is 0 Å². The summed E-state index contributed by atoms with van der Waals surface area (Å²) in [6.45, 7) is 0. The fourth-order valence-electron chi connectivity index (χ4n) is 0.973. The number of carbonyl (C=O) groups excluding carboxylic acids is 1. The van der Waals surface area contributed by atoms with Gasteiger partial charge >= 0.3 is 18.1 Å². The average Bonchev–Trinajstić information content (AvgIpc) is 2.19. The molecule has 0 saturated carbocycles. The van der Waals surface area contributed by atoms with Crippen LogP contribution in [0, 0.1) is 0 Å². The van der Waals surface area contributed by atoms with E-state index in [-0.39, 0.29) is 10.2 Å². The van der Waals surface area contributed by atoms with Gasteiger partial charge in [-0.05, 0) is 34.1 Å². The number of alkyl halides is 3. The van der Waals surface area contributed by atoms with Crippen LogP contribution in [0.15, 0.2) is 22.7 Å². The van der Waals surface area contributed by atoms with Crippen molar-refractivity contribution in [3.05, 3.63) is 28.2 Å². The smallest absolute Gasteiger partial charge is 0.416 e. The molecule has 1 amide bonds. The maximum Gasteiger partial charge on any atom is 0.416 e. The first-order chi connectivity index (χ1) is 7.71. The topological polar surface area (TPSA) is 66.4 Å². The Morgan fingerprint density at radius 3 is 2.35 bits per heavy atom. The maximum atomic E-state index is 12.4. The van der Waals surface area contributed by atoms with Crippen molar-refractivity contribution < 1.29 is 27.9 Å². The lowest BCUT2D eigenvalue weighted by Gasteiger charge is -2.10. The predicted molar refractivity (Wildman–Crippen MR) is 55.4 cm³/mol. The third-order valence-electron chi connectivity index (χ3n) is 1.74. The fourth-order valence-corrected chi connectivity index (χ4v) is 1.32. The Kier molecular flexibility index (Phi) is 3.76. The van der Waals surface area contributed by atoms with Crippen LogP contribution in [0.3, 0.4) is 0 Å². The second-order valence-electron chi connectivity index (χ2n) is 2.95. The normalized spacial score (nSPS) is 11.1. The lowest BCUT2D eigenvalue weighted by molar-refractivity contribution is -0.147. The number of amides is 1. The molecule has 8 heteroatoms. The minimum atomic E-state index is -4.57. The standard InChI is InChI=1S/C9H5BrF3NO3/c10-5-2-1-4(9(11,12)13)3-6(5)14-7(15)8(16)17/h1-3H,(H,14,15)(H,16,17). The molecule has 17 heavy (non-hydrogen) atoms. The Bertz CT molecular complexity index is 473. The first-order valence-corrected chi connectivity index (χ1v) is 4.92. The lowest BCUT2D eigenvalue weighted by Crippen LogP contribution is -2.22. The molecule has 0 spiro atoms. The number of aliphatic carboxylic acids is 1. The maximum absolute atomic E-state index is 12.4. The summed E-state index contributed by atoms with van der Waals surface area (Å²) >= 11 is 2.90. The van der Waals surface area contributed by atoms with Gasteiger partial charge in [-0.25, -0.2) is 4.79 Å². The lowest BCUT2D eigenvalue weighted by atomic mass is 10.2. The van der Waals surface area contributed by atoms with Gasteiger partial charge in [-0.2, -0.15) is 13.2 Å². The monoisotopic (exact) mass is 311 g/mol. The van der Waals surface area contributed by atoms with Crippen molar-refractivity contribution in [1.82, 2.24) is 0 Å². The van der Waals surface area contributed by atoms with Crippen LogP contribution in [0.5, 0.6) is 0 Å². The quantitative estimate of drug-likeness (QED) is 0.783. The van der Waals surface area contributed by atoms with Crippen LogP contribution < -0.4 is 5.32 Å². The van der Waals surface area contributed by atoms with E-state index in [1.807, 2.05) is 5.32 Å². The van der Waals surface area contributed by atoms with Crippen LogP contribution in [-0.4, -0.2) is 17.0 Å². The van der Waals surface area contributed by atoms with E-state index in [1.165, 1.54) is 0 Å². The molecule has 0 fully saturated rings. The number of hydrogen-bond donors (Lipinski definition) is 2. The van der Waals surface area contributed by atoms with E-state index < -0.39 is 23.6 Å². The van der Waals surface area contributed by atoms with E-state index in [9.17, 15) is 22.8 Å². The molecule has 0 heterocycles. The molecular weight excluding hydrogens is 307 g/mol. The number of halogens is 4. The molecule has 0 saturated heterocycles. The van der Waals surface area contributed by atoms with Gasteiger partial charge in [0.1, 0.15) is 0 Å². The van der Waals surface area contributed by atoms with Crippen LogP contribution in [0.2, 0.25) is 0 Å². The summed E-state index contributed by atoms with van der Waals surface area (Å²) in [5.41, 5.74) is -1.24. The van der Waals surface area contributed by atoms with E-state index in [1.54, 1.807) is 0 Å². The summed E-state index contributed by atoms with van der Waals surface area (Å²) in [6.07, 6.45) is -4.57. The van der Waals surface area contributed by atoms with Crippen LogP contribution in [-0.2, 0) is 15.8 Å². The van der Waals surface area contributed by atoms with Crippen molar-refractivity contribution in [3.63, 3.8) is 0 Å². The molecule has 1 rings (SSSR count). The largest absolute Gasteiger partial charge is 0.474 e. The Hall–Kier alpha value is -1.57. The van der Waals surface area contributed by atoms with Crippen LogP contribution in [0.1, 0.15) is 5.56 Å². The molecule has 1 aromatic carbocycles. The van der Waals surface area contributed by atoms with Gasteiger partial charge < -0.3 is 10.4 Å². The SMILES string of the molecule is O=C(O)C(=O)Nc1cc(C(F)(F)F)ccc1Br. The first kappa shape index (κ1) is 13.5. The van der Waals surface area contributed by atoms with Crippen molar-refractivity contribution in [2.75, 3.05) is 5.32 Å². The van der Waals surface area contributed by atoms with E-state index in [4.69, 9.17) is 5.11 Å². The number of hydrogen-bond acceptors (Lipinski definition) is 2. The van der Waals surface area contributed by atoms with Gasteiger partial charge in [-0.3, -0.25) is 4.79 Å². The molecule has 2 N–H and O–H groups in total. The Balaban J connectivity index is 3.07. The molecule has 0 atom stereocenters. The summed E-state index contributed by atoms with van der Waals surface area (Å²) in [5.74, 6) is -3.20. The first-order valence-electron chi connectivity index (χ1n) is 4.13. The Morgan fingerprint density at radius 1 is 1.29 bits per heavy atom. The van der Waals surface area contributed by atoms with Gasteiger partial charge in [0.05, 0.1) is 11.3 Å². The molecule has 0 aliphatic heterocycles. The second-order valence-corrected chi connectivity index (χ2v) is 3.81. The number of anilines is 1. The van der Waals surface area contributed by atoms with Gasteiger partial charge in [0.25, 0.3) is 0 Å². The van der Waals surface area contributed by atoms with Gasteiger partial charge in [-0.15, -0.1) is 0 Å². The summed E-state index contributed by atoms with van der Waals surface area (Å²) in [4.78, 5) is 21.1. The van der Waals surface area contributed by atoms with Crippen molar-refractivity contribution >= 4 is 33.5 Å². The molecule has 92 valence electrons. The number of benzene rings is 1. The van der Waals surface area contributed by atoms with Gasteiger partial charge in [0, 0.05) is 4.47 Å². The summed E-state index contributed by atoms with van der Waals surface area (Å²) in [6, 6.07) is 2.52. The zero-order chi connectivity index (χ0) is 13.2. The van der Waals surface area contributed by atoms with Crippen LogP contribution in [0.4, 0.5) is 18.9 Å². The zero-order valence-electron chi connectivity index (χ0n) is 8.01. The van der Waals surface area contributed by atoms with E-state index in [0.29, 0.717) is 6.07 Å². The van der Waals surface area contributed by atoms with E-state index in [0.717, 1.165) is 12.1 Å². The molecule has 0 aliphatic carbocycles. The summed E-state index contributed by atoms with van der Waals surface area (Å²) < 4.78 is 37.2. The van der Waals surface area contributed by atoms with Crippen molar-refractivity contribution in [2.24, 2.45) is 0 Å². The summed E-state index contributed by atoms with van der Waals surface area (Å²) in [5, 5.41) is 10.2. The third kappa shape index (κ3) is 3.45. The number of carboxylic acid groups (broad SMARTS) is 1. The Morgan fingerprint density at radius 2 is 1.88 bits per heavy atom. The highest BCUT2D eigenvalue weighted by Gasteiger charge is 2.31. The Labute approximate surface area is 102 Å². The second kappa shape index (κ2) is 4.74. The minimum absolute atomic E-state index is 0.153. The molecule has 4 nitrogen and oxygen atoms in total. The third-order valence-corrected chi connectivity index (χ3v) is 2.43. The molecular formula is C9H5BrF3NO3. The number of rotatable bonds is 1. The number of nitrogens with one attached hydrogen (secondary N) is 1. The molecule has 0 radical (unpaired) electrons. The van der Waals surface area contributed by atoms with Gasteiger partial charge in [0.2, 0.25) is 0 Å². The highest BCUT2D eigenvalue weighted by Crippen LogP contribution is 2.33. The summed E-state index contributed by atoms with van der Waals surface area (Å²) in [7, 11) is 0. The molecule has 1 aromatic rings.